The summed E-state index contributed by atoms with van der Waals surface area (Å²) in [5.74, 6) is 3.61. The first kappa shape index (κ1) is 28.1. The van der Waals surface area contributed by atoms with Gasteiger partial charge in [-0.25, -0.2) is 19.9 Å². The molecule has 4 N–H and O–H groups in total. The number of anilines is 2. The number of H-pyrrole nitrogens is 2. The molecule has 43 heavy (non-hydrogen) atoms. The second-order valence-corrected chi connectivity index (χ2v) is 12.9. The molecule has 0 radical (unpaired) electrons. The van der Waals surface area contributed by atoms with E-state index in [1.807, 2.05) is 18.5 Å². The Morgan fingerprint density at radius 2 is 1.42 bits per heavy atom. The summed E-state index contributed by atoms with van der Waals surface area (Å²) in [4.78, 5) is 41.3. The number of hydrogen-bond donors (Lipinski definition) is 4. The second-order valence-electron chi connectivity index (χ2n) is 12.9. The number of nitrogens with one attached hydrogen (secondary N) is 4. The summed E-state index contributed by atoms with van der Waals surface area (Å²) in [6.45, 7) is 11.5. The van der Waals surface area contributed by atoms with Gasteiger partial charge in [0.05, 0.1) is 16.2 Å². The SMILES string of the molecule is CCC12CN(c3ncnc4[nH]ccc34)CCC1CCNC2=O.CCC12CNCCC1CCN(c1ncnc3[nH]ccc13)C2. The van der Waals surface area contributed by atoms with Crippen molar-refractivity contribution in [1.29, 1.82) is 0 Å². The van der Waals surface area contributed by atoms with Gasteiger partial charge >= 0.3 is 0 Å². The first-order chi connectivity index (χ1) is 21.1. The Hall–Kier alpha value is -3.73. The molecule has 11 nitrogen and oxygen atoms in total. The van der Waals surface area contributed by atoms with E-state index in [0.717, 1.165) is 98.2 Å². The highest BCUT2D eigenvalue weighted by Crippen LogP contribution is 2.45. The number of hydrogen-bond acceptors (Lipinski definition) is 8. The number of nitrogens with zero attached hydrogens (tertiary/aromatic N) is 6. The van der Waals surface area contributed by atoms with Crippen LogP contribution in [0.1, 0.15) is 52.4 Å². The van der Waals surface area contributed by atoms with Crippen LogP contribution in [-0.2, 0) is 4.79 Å². The molecule has 1 amide bonds. The molecule has 8 heterocycles. The van der Waals surface area contributed by atoms with Crippen LogP contribution in [0.2, 0.25) is 0 Å². The lowest BCUT2D eigenvalue weighted by Gasteiger charge is -2.51. The lowest BCUT2D eigenvalue weighted by Crippen LogP contribution is -2.60. The number of carbonyl (C=O) groups excluding carboxylic acids is 1. The molecule has 4 aliphatic heterocycles. The Morgan fingerprint density at radius 3 is 2.07 bits per heavy atom. The zero-order valence-electron chi connectivity index (χ0n) is 25.4. The number of piperidine rings is 4. The van der Waals surface area contributed by atoms with Crippen molar-refractivity contribution in [2.24, 2.45) is 22.7 Å². The number of rotatable bonds is 4. The summed E-state index contributed by atoms with van der Waals surface area (Å²) in [5.41, 5.74) is 1.92. The van der Waals surface area contributed by atoms with Crippen LogP contribution in [0.4, 0.5) is 11.6 Å². The van der Waals surface area contributed by atoms with E-state index in [4.69, 9.17) is 0 Å². The molecule has 228 valence electrons. The molecule has 4 fully saturated rings. The second kappa shape index (κ2) is 11.4. The van der Waals surface area contributed by atoms with E-state index in [0.29, 0.717) is 11.3 Å². The zero-order chi connectivity index (χ0) is 29.4. The largest absolute Gasteiger partial charge is 0.356 e. The fourth-order valence-electron chi connectivity index (χ4n) is 8.49. The number of carbonyl (C=O) groups is 1. The Labute approximate surface area is 252 Å². The molecule has 4 aromatic heterocycles. The van der Waals surface area contributed by atoms with Crippen LogP contribution >= 0.6 is 0 Å². The predicted molar refractivity (Wildman–Crippen MR) is 169 cm³/mol. The highest BCUT2D eigenvalue weighted by molar-refractivity contribution is 5.89. The van der Waals surface area contributed by atoms with E-state index in [1.165, 1.54) is 25.8 Å². The monoisotopic (exact) mass is 584 g/mol. The first-order valence-electron chi connectivity index (χ1n) is 16.1. The van der Waals surface area contributed by atoms with Gasteiger partial charge in [-0.15, -0.1) is 0 Å². The molecule has 0 aliphatic carbocycles. The summed E-state index contributed by atoms with van der Waals surface area (Å²) in [5, 5.41) is 8.86. The number of aromatic amines is 2. The molecule has 4 saturated heterocycles. The van der Waals surface area contributed by atoms with Crippen molar-refractivity contribution in [2.45, 2.75) is 52.4 Å². The van der Waals surface area contributed by atoms with Crippen LogP contribution in [0.25, 0.3) is 22.1 Å². The van der Waals surface area contributed by atoms with Crippen molar-refractivity contribution >= 4 is 39.6 Å². The van der Waals surface area contributed by atoms with Gasteiger partial charge in [-0.3, -0.25) is 4.79 Å². The van der Waals surface area contributed by atoms with Gasteiger partial charge in [-0.05, 0) is 69.0 Å². The topological polar surface area (TPSA) is 131 Å². The Bertz CT molecular complexity index is 1580. The minimum absolute atomic E-state index is 0.218. The molecular formula is C32H44N10O. The molecule has 0 bridgehead atoms. The van der Waals surface area contributed by atoms with Crippen molar-refractivity contribution in [3.05, 3.63) is 37.2 Å². The Kier molecular flexibility index (Phi) is 7.44. The molecule has 0 aromatic carbocycles. The highest BCUT2D eigenvalue weighted by Gasteiger charge is 2.50. The average molecular weight is 585 g/mol. The molecule has 4 aromatic rings. The van der Waals surface area contributed by atoms with Crippen LogP contribution in [-0.4, -0.2) is 81.6 Å². The van der Waals surface area contributed by atoms with Crippen LogP contribution in [0.3, 0.4) is 0 Å². The van der Waals surface area contributed by atoms with E-state index < -0.39 is 0 Å². The quantitative estimate of drug-likeness (QED) is 0.284. The van der Waals surface area contributed by atoms with E-state index in [2.05, 4.69) is 70.3 Å². The Morgan fingerprint density at radius 1 is 0.791 bits per heavy atom. The lowest BCUT2D eigenvalue weighted by molar-refractivity contribution is -0.138. The maximum absolute atomic E-state index is 12.6. The van der Waals surface area contributed by atoms with Gasteiger partial charge in [-0.2, -0.15) is 0 Å². The maximum atomic E-state index is 12.6. The molecule has 4 unspecified atom stereocenters. The first-order valence-corrected chi connectivity index (χ1v) is 16.1. The standard InChI is InChI=1S/C16H21N5O.C16H23N5/c1-2-16-9-21(8-5-11(16)3-6-18-15(16)22)14-12-4-7-17-13(12)19-10-20-14;1-2-16-9-17-6-3-12(16)5-8-21(10-16)15-13-4-7-18-14(13)19-11-20-15/h4,7,10-11H,2-3,5-6,8-9H2,1H3,(H,18,22)(H,17,19,20);4,7,11-12,17H,2-3,5-6,8-10H2,1H3,(H,18,19,20). The fourth-order valence-corrected chi connectivity index (χ4v) is 8.49. The van der Waals surface area contributed by atoms with Crippen LogP contribution in [0.5, 0.6) is 0 Å². The van der Waals surface area contributed by atoms with Crippen molar-refractivity contribution in [3.8, 4) is 0 Å². The number of amides is 1. The van der Waals surface area contributed by atoms with Gasteiger partial charge in [0.25, 0.3) is 0 Å². The summed E-state index contributed by atoms with van der Waals surface area (Å²) in [6, 6.07) is 4.10. The predicted octanol–water partition coefficient (Wildman–Crippen LogP) is 3.87. The molecular weight excluding hydrogens is 540 g/mol. The van der Waals surface area contributed by atoms with E-state index >= 15 is 0 Å². The van der Waals surface area contributed by atoms with E-state index in [-0.39, 0.29) is 11.3 Å². The van der Waals surface area contributed by atoms with Crippen LogP contribution in [0, 0.1) is 22.7 Å². The van der Waals surface area contributed by atoms with Gasteiger partial charge < -0.3 is 30.4 Å². The van der Waals surface area contributed by atoms with Crippen molar-refractivity contribution in [1.82, 2.24) is 40.5 Å². The third-order valence-electron chi connectivity index (χ3n) is 11.1. The van der Waals surface area contributed by atoms with Gasteiger partial charge in [0.1, 0.15) is 35.6 Å². The van der Waals surface area contributed by atoms with Crippen molar-refractivity contribution < 1.29 is 4.79 Å². The molecule has 0 saturated carbocycles. The maximum Gasteiger partial charge on any atom is 0.228 e. The Balaban J connectivity index is 0.000000140. The van der Waals surface area contributed by atoms with Gasteiger partial charge in [-0.1, -0.05) is 13.8 Å². The number of fused-ring (bicyclic) bond motifs is 4. The van der Waals surface area contributed by atoms with E-state index in [1.54, 1.807) is 12.7 Å². The minimum atomic E-state index is -0.274. The zero-order valence-corrected chi connectivity index (χ0v) is 25.4. The number of aromatic nitrogens is 6. The molecule has 8 rings (SSSR count). The molecule has 4 aliphatic rings. The van der Waals surface area contributed by atoms with E-state index in [9.17, 15) is 4.79 Å². The van der Waals surface area contributed by atoms with Gasteiger partial charge in [0.2, 0.25) is 5.91 Å². The summed E-state index contributed by atoms with van der Waals surface area (Å²) >= 11 is 0. The third-order valence-corrected chi connectivity index (χ3v) is 11.1. The molecule has 4 atom stereocenters. The minimum Gasteiger partial charge on any atom is -0.356 e. The molecule has 11 heteroatoms. The summed E-state index contributed by atoms with van der Waals surface area (Å²) in [6.07, 6.45) is 14.0. The van der Waals surface area contributed by atoms with Crippen LogP contribution < -0.4 is 20.4 Å². The summed E-state index contributed by atoms with van der Waals surface area (Å²) in [7, 11) is 0. The van der Waals surface area contributed by atoms with Crippen LogP contribution in [0.15, 0.2) is 37.2 Å². The van der Waals surface area contributed by atoms with Gasteiger partial charge in [0.15, 0.2) is 0 Å². The van der Waals surface area contributed by atoms with Crippen molar-refractivity contribution in [2.75, 3.05) is 55.6 Å². The van der Waals surface area contributed by atoms with Crippen molar-refractivity contribution in [3.63, 3.8) is 0 Å². The lowest BCUT2D eigenvalue weighted by atomic mass is 9.65. The third kappa shape index (κ3) is 4.81. The highest BCUT2D eigenvalue weighted by atomic mass is 16.2. The van der Waals surface area contributed by atoms with Gasteiger partial charge in [0, 0.05) is 57.1 Å². The fraction of sp³-hybridized carbons (Fsp3) is 0.594. The molecule has 0 spiro atoms. The average Bonchev–Trinajstić information content (AvgIpc) is 3.75. The smallest absolute Gasteiger partial charge is 0.228 e. The normalized spacial score (nSPS) is 29.0. The summed E-state index contributed by atoms with van der Waals surface area (Å²) < 4.78 is 0.